The zero-order valence-electron chi connectivity index (χ0n) is 15.0. The Morgan fingerprint density at radius 1 is 1.41 bits per heavy atom. The third kappa shape index (κ3) is 3.59. The highest BCUT2D eigenvalue weighted by Crippen LogP contribution is 2.33. The Bertz CT molecular complexity index is 955. The second-order valence-corrected chi connectivity index (χ2v) is 6.63. The van der Waals surface area contributed by atoms with Gasteiger partial charge in [-0.25, -0.2) is 4.79 Å². The number of rotatable bonds is 4. The summed E-state index contributed by atoms with van der Waals surface area (Å²) < 4.78 is 10.1. The van der Waals surface area contributed by atoms with Crippen molar-refractivity contribution in [3.8, 4) is 5.95 Å². The molecule has 1 atom stereocenters. The average Bonchev–Trinajstić information content (AvgIpc) is 3.31. The summed E-state index contributed by atoms with van der Waals surface area (Å²) in [5.41, 5.74) is 3.32. The third-order valence-corrected chi connectivity index (χ3v) is 4.75. The van der Waals surface area contributed by atoms with Crippen molar-refractivity contribution in [1.29, 1.82) is 0 Å². The molecule has 0 bridgehead atoms. The smallest absolute Gasteiger partial charge is 0.419 e. The molecule has 1 aliphatic heterocycles. The first-order valence-electron chi connectivity index (χ1n) is 8.95. The first kappa shape index (κ1) is 17.4. The molecule has 1 amide bonds. The van der Waals surface area contributed by atoms with Gasteiger partial charge in [0, 0.05) is 35.1 Å². The predicted molar refractivity (Wildman–Crippen MR) is 102 cm³/mol. The number of fused-ring (bicyclic) bond motifs is 1. The third-order valence-electron chi connectivity index (χ3n) is 4.75. The summed E-state index contributed by atoms with van der Waals surface area (Å²) in [5, 5.41) is 13.3. The summed E-state index contributed by atoms with van der Waals surface area (Å²) in [6.07, 6.45) is 2.85. The van der Waals surface area contributed by atoms with Crippen LogP contribution in [0.2, 0.25) is 0 Å². The molecule has 0 saturated carbocycles. The van der Waals surface area contributed by atoms with Crippen LogP contribution in [-0.4, -0.2) is 35.4 Å². The lowest BCUT2D eigenvalue weighted by Gasteiger charge is -2.27. The molecule has 0 unspecified atom stereocenters. The van der Waals surface area contributed by atoms with Gasteiger partial charge in [-0.15, -0.1) is 0 Å². The van der Waals surface area contributed by atoms with Gasteiger partial charge in [-0.05, 0) is 50.1 Å². The predicted octanol–water partition coefficient (Wildman–Crippen LogP) is 3.71. The van der Waals surface area contributed by atoms with E-state index in [0.29, 0.717) is 5.69 Å². The van der Waals surface area contributed by atoms with Crippen LogP contribution < -0.4 is 15.0 Å². The van der Waals surface area contributed by atoms with E-state index in [9.17, 15) is 9.90 Å². The zero-order chi connectivity index (χ0) is 18.8. The van der Waals surface area contributed by atoms with Gasteiger partial charge in [0.1, 0.15) is 0 Å². The summed E-state index contributed by atoms with van der Waals surface area (Å²) in [6.45, 7) is 3.00. The first-order chi connectivity index (χ1) is 13.1. The molecule has 1 aromatic carbocycles. The van der Waals surface area contributed by atoms with Gasteiger partial charge in [-0.1, -0.05) is 0 Å². The van der Waals surface area contributed by atoms with Crippen LogP contribution in [0.1, 0.15) is 18.5 Å². The van der Waals surface area contributed by atoms with Gasteiger partial charge in [0.2, 0.25) is 0 Å². The zero-order valence-corrected chi connectivity index (χ0v) is 15.0. The number of benzene rings is 1. The number of furan rings is 1. The molecule has 3 aromatic rings. The van der Waals surface area contributed by atoms with Gasteiger partial charge in [0.15, 0.2) is 0 Å². The molecule has 140 valence electrons. The minimum absolute atomic E-state index is 0.133. The van der Waals surface area contributed by atoms with Crippen molar-refractivity contribution in [2.24, 2.45) is 0 Å². The number of carbonyl (C=O) groups is 1. The van der Waals surface area contributed by atoms with Crippen molar-refractivity contribution in [2.75, 3.05) is 23.4 Å². The fourth-order valence-corrected chi connectivity index (χ4v) is 3.55. The minimum Gasteiger partial charge on any atom is -0.434 e. The Kier molecular flexibility index (Phi) is 4.68. The Morgan fingerprint density at radius 2 is 2.30 bits per heavy atom. The van der Waals surface area contributed by atoms with E-state index in [4.69, 9.17) is 9.15 Å². The van der Waals surface area contributed by atoms with Crippen molar-refractivity contribution in [3.63, 3.8) is 0 Å². The van der Waals surface area contributed by atoms with Crippen LogP contribution in [0.4, 0.5) is 16.2 Å². The van der Waals surface area contributed by atoms with Crippen molar-refractivity contribution >= 4 is 28.4 Å². The Hall–Kier alpha value is -3.06. The van der Waals surface area contributed by atoms with E-state index in [2.05, 4.69) is 21.3 Å². The number of nitrogens with one attached hydrogen (secondary N) is 1. The van der Waals surface area contributed by atoms with Gasteiger partial charge in [-0.3, -0.25) is 10.3 Å². The summed E-state index contributed by atoms with van der Waals surface area (Å²) in [6, 6.07) is 11.0. The van der Waals surface area contributed by atoms with Crippen molar-refractivity contribution in [3.05, 3.63) is 48.4 Å². The normalized spacial score (nSPS) is 16.7. The fraction of sp³-hybridized carbons (Fsp3) is 0.300. The number of hydrogen-bond donors (Lipinski definition) is 2. The second kappa shape index (κ2) is 7.28. The topological polar surface area (TPSA) is 87.8 Å². The van der Waals surface area contributed by atoms with Crippen LogP contribution in [0.25, 0.3) is 10.9 Å². The molecule has 1 saturated heterocycles. The summed E-state index contributed by atoms with van der Waals surface area (Å²) in [7, 11) is 0. The molecule has 7 heteroatoms. The number of ether oxygens (including phenoxy) is 1. The average molecular weight is 367 g/mol. The van der Waals surface area contributed by atoms with E-state index in [1.807, 2.05) is 25.1 Å². The van der Waals surface area contributed by atoms with E-state index in [1.54, 1.807) is 12.1 Å². The number of aryl methyl sites for hydroxylation is 1. The molecule has 7 nitrogen and oxygen atoms in total. The fourth-order valence-electron chi connectivity index (χ4n) is 3.55. The van der Waals surface area contributed by atoms with Crippen LogP contribution >= 0.6 is 0 Å². The van der Waals surface area contributed by atoms with Crippen molar-refractivity contribution in [1.82, 2.24) is 4.98 Å². The number of nitrogens with zero attached hydrogens (tertiary/aromatic N) is 2. The second-order valence-electron chi connectivity index (χ2n) is 6.63. The molecule has 0 spiro atoms. The molecule has 2 N–H and O–H groups in total. The Balaban J connectivity index is 1.61. The number of pyridine rings is 1. The van der Waals surface area contributed by atoms with Crippen LogP contribution in [-0.2, 0) is 0 Å². The standard InChI is InChI=1S/C20H21N3O4/c1-13-10-18(23-8-2-4-15(23)12-24)16-7-6-14(11-17(16)21-13)22-20(25)27-19-5-3-9-26-19/h3,5-7,9-11,15,24H,2,4,8,12H2,1H3,(H,22,25)/t15-/m0/s1. The quantitative estimate of drug-likeness (QED) is 0.731. The lowest BCUT2D eigenvalue weighted by atomic mass is 10.1. The summed E-state index contributed by atoms with van der Waals surface area (Å²) in [4.78, 5) is 18.8. The summed E-state index contributed by atoms with van der Waals surface area (Å²) >= 11 is 0. The molecule has 1 aliphatic rings. The molecule has 3 heterocycles. The Labute approximate surface area is 156 Å². The van der Waals surface area contributed by atoms with Crippen molar-refractivity contribution < 1.29 is 19.1 Å². The highest BCUT2D eigenvalue weighted by molar-refractivity contribution is 5.96. The highest BCUT2D eigenvalue weighted by Gasteiger charge is 2.25. The van der Waals surface area contributed by atoms with Gasteiger partial charge in [-0.2, -0.15) is 0 Å². The maximum Gasteiger partial charge on any atom is 0.419 e. The highest BCUT2D eigenvalue weighted by atomic mass is 16.6. The number of hydrogen-bond acceptors (Lipinski definition) is 6. The van der Waals surface area contributed by atoms with Crippen LogP contribution in [0.3, 0.4) is 0 Å². The van der Waals surface area contributed by atoms with E-state index in [1.165, 1.54) is 6.26 Å². The van der Waals surface area contributed by atoms with Crippen LogP contribution in [0.15, 0.2) is 47.1 Å². The monoisotopic (exact) mass is 367 g/mol. The minimum atomic E-state index is -0.628. The number of amides is 1. The lowest BCUT2D eigenvalue weighted by molar-refractivity contribution is 0.202. The van der Waals surface area contributed by atoms with E-state index < -0.39 is 6.09 Å². The molecular weight excluding hydrogens is 346 g/mol. The van der Waals surface area contributed by atoms with Gasteiger partial charge < -0.3 is 19.2 Å². The number of aliphatic hydroxyl groups excluding tert-OH is 1. The number of aromatic nitrogens is 1. The van der Waals surface area contributed by atoms with E-state index in [-0.39, 0.29) is 18.6 Å². The molecule has 1 fully saturated rings. The first-order valence-corrected chi connectivity index (χ1v) is 8.95. The number of carbonyl (C=O) groups excluding carboxylic acids is 1. The molecule has 27 heavy (non-hydrogen) atoms. The lowest BCUT2D eigenvalue weighted by Crippen LogP contribution is -2.32. The Morgan fingerprint density at radius 3 is 3.07 bits per heavy atom. The number of aliphatic hydroxyl groups is 1. The van der Waals surface area contributed by atoms with Gasteiger partial charge >= 0.3 is 6.09 Å². The van der Waals surface area contributed by atoms with Gasteiger partial charge in [0.05, 0.1) is 24.4 Å². The maximum atomic E-state index is 12.0. The van der Waals surface area contributed by atoms with Gasteiger partial charge in [0.25, 0.3) is 5.95 Å². The molecular formula is C20H21N3O4. The summed E-state index contributed by atoms with van der Waals surface area (Å²) in [5.74, 6) is 0.133. The van der Waals surface area contributed by atoms with Crippen LogP contribution in [0.5, 0.6) is 5.95 Å². The van der Waals surface area contributed by atoms with Crippen molar-refractivity contribution in [2.45, 2.75) is 25.8 Å². The molecule has 0 radical (unpaired) electrons. The molecule has 0 aliphatic carbocycles. The molecule has 4 rings (SSSR count). The maximum absolute atomic E-state index is 12.0. The molecule has 2 aromatic heterocycles. The SMILES string of the molecule is Cc1cc(N2CCC[C@H]2CO)c2ccc(NC(=O)Oc3ccco3)cc2n1. The van der Waals surface area contributed by atoms with Crippen LogP contribution in [0, 0.1) is 6.92 Å². The number of anilines is 2. The van der Waals surface area contributed by atoms with E-state index in [0.717, 1.165) is 41.7 Å². The van der Waals surface area contributed by atoms with E-state index >= 15 is 0 Å². The largest absolute Gasteiger partial charge is 0.434 e.